The summed E-state index contributed by atoms with van der Waals surface area (Å²) in [5.41, 5.74) is 0.772. The van der Waals surface area contributed by atoms with Crippen LogP contribution in [0.3, 0.4) is 0 Å². The number of nitro groups is 1. The minimum absolute atomic E-state index is 0.0804. The van der Waals surface area contributed by atoms with Crippen LogP contribution in [0.1, 0.15) is 5.56 Å². The van der Waals surface area contributed by atoms with Crippen LogP contribution in [0.25, 0.3) is 6.08 Å². The van der Waals surface area contributed by atoms with Crippen molar-refractivity contribution in [3.8, 4) is 11.5 Å². The molecule has 0 aromatic heterocycles. The second kappa shape index (κ2) is 10.4. The summed E-state index contributed by atoms with van der Waals surface area (Å²) in [6.07, 6.45) is 1.59. The molecule has 1 N–H and O–H groups in total. The van der Waals surface area contributed by atoms with Gasteiger partial charge in [0.15, 0.2) is 16.7 Å². The number of hydrogen-bond donors (Lipinski definition) is 1. The second-order valence-electron chi connectivity index (χ2n) is 7.16. The lowest BCUT2D eigenvalue weighted by molar-refractivity contribution is -0.385. The Morgan fingerprint density at radius 1 is 1.08 bits per heavy atom. The van der Waals surface area contributed by atoms with Gasteiger partial charge in [-0.1, -0.05) is 23.7 Å². The molecular weight excluding hydrogens is 530 g/mol. The number of aliphatic imine (C=N–C) groups is 1. The number of amidine groups is 1. The number of carbonyl (C=O) groups is 1. The molecule has 1 fully saturated rings. The van der Waals surface area contributed by atoms with E-state index in [4.69, 9.17) is 20.5 Å². The summed E-state index contributed by atoms with van der Waals surface area (Å²) < 4.78 is 35.8. The van der Waals surface area contributed by atoms with Crippen molar-refractivity contribution in [3.63, 3.8) is 0 Å². The largest absolute Gasteiger partial charge is 0.493 e. The monoisotopic (exact) mass is 545 g/mol. The molecule has 0 saturated carbocycles. The van der Waals surface area contributed by atoms with Gasteiger partial charge in [-0.05, 0) is 65.9 Å². The molecule has 0 radical (unpaired) electrons. The maximum absolute atomic E-state index is 12.7. The van der Waals surface area contributed by atoms with Crippen molar-refractivity contribution in [3.05, 3.63) is 92.3 Å². The summed E-state index contributed by atoms with van der Waals surface area (Å²) in [6, 6.07) is 15.7. The highest BCUT2D eigenvalue weighted by Crippen LogP contribution is 2.34. The molecule has 0 spiro atoms. The number of methoxy groups -OCH3 is 1. The molecule has 3 aromatic rings. The summed E-state index contributed by atoms with van der Waals surface area (Å²) in [7, 11) is -3.05. The lowest BCUT2D eigenvalue weighted by Crippen LogP contribution is -2.19. The van der Waals surface area contributed by atoms with Crippen LogP contribution in [-0.4, -0.2) is 31.5 Å². The molecule has 3 aromatic carbocycles. The average Bonchev–Trinajstić information content (AvgIpc) is 3.19. The van der Waals surface area contributed by atoms with Crippen LogP contribution in [0.2, 0.25) is 5.02 Å². The fourth-order valence-corrected chi connectivity index (χ4v) is 4.97. The Morgan fingerprint density at radius 3 is 2.53 bits per heavy atom. The third kappa shape index (κ3) is 5.85. The van der Waals surface area contributed by atoms with Gasteiger partial charge in [0.2, 0.25) is 0 Å². The topological polar surface area (TPSA) is 137 Å². The Balaban J connectivity index is 1.55. The number of rotatable bonds is 7. The van der Waals surface area contributed by atoms with E-state index in [1.54, 1.807) is 30.3 Å². The fraction of sp³-hybridized carbons (Fsp3) is 0.0435. The second-order valence-corrected chi connectivity index (χ2v) is 10.2. The number of ether oxygens (including phenoxy) is 1. The van der Waals surface area contributed by atoms with E-state index in [0.717, 1.165) is 17.8 Å². The van der Waals surface area contributed by atoms with E-state index < -0.39 is 15.0 Å². The molecule has 1 aliphatic heterocycles. The van der Waals surface area contributed by atoms with Gasteiger partial charge in [0, 0.05) is 17.2 Å². The van der Waals surface area contributed by atoms with Gasteiger partial charge in [-0.2, -0.15) is 8.42 Å². The van der Waals surface area contributed by atoms with E-state index >= 15 is 0 Å². The number of nitrogens with one attached hydrogen (secondary N) is 1. The van der Waals surface area contributed by atoms with Crippen LogP contribution in [0.4, 0.5) is 11.4 Å². The highest BCUT2D eigenvalue weighted by atomic mass is 35.5. The van der Waals surface area contributed by atoms with Gasteiger partial charge in [-0.15, -0.1) is 0 Å². The summed E-state index contributed by atoms with van der Waals surface area (Å²) in [6.45, 7) is 0. The zero-order valence-corrected chi connectivity index (χ0v) is 20.8. The summed E-state index contributed by atoms with van der Waals surface area (Å²) in [4.78, 5) is 27.0. The number of halogens is 1. The molecule has 0 unspecified atom stereocenters. The standard InChI is InChI=1S/C23H16ClN3O7S2/c1-33-20-11-14(12-21-22(28)26-23(35-21)25-16-8-6-15(24)7-9-16)5-10-19(20)34-36(31,32)18-4-2-3-17(13-18)27(29)30/h2-13H,1H3,(H,25,26,28)/b21-12-. The first-order valence-electron chi connectivity index (χ1n) is 10.1. The van der Waals surface area contributed by atoms with Crippen LogP contribution < -0.4 is 14.2 Å². The van der Waals surface area contributed by atoms with Crippen molar-refractivity contribution in [1.29, 1.82) is 0 Å². The van der Waals surface area contributed by atoms with Gasteiger partial charge < -0.3 is 14.2 Å². The number of benzene rings is 3. The van der Waals surface area contributed by atoms with E-state index in [1.807, 2.05) is 0 Å². The van der Waals surface area contributed by atoms with Gasteiger partial charge in [0.05, 0.1) is 22.6 Å². The molecule has 10 nitrogen and oxygen atoms in total. The molecule has 4 rings (SSSR count). The molecule has 1 aliphatic rings. The number of nitrogens with zero attached hydrogens (tertiary/aromatic N) is 2. The van der Waals surface area contributed by atoms with E-state index in [2.05, 4.69) is 10.3 Å². The SMILES string of the molecule is COc1cc(/C=C2\SC(=Nc3ccc(Cl)cc3)NC2=O)ccc1OS(=O)(=O)c1cccc([N+](=O)[O-])c1. The van der Waals surface area contributed by atoms with Gasteiger partial charge >= 0.3 is 10.1 Å². The first-order chi connectivity index (χ1) is 17.1. The van der Waals surface area contributed by atoms with Crippen molar-refractivity contribution in [2.24, 2.45) is 4.99 Å². The maximum atomic E-state index is 12.7. The smallest absolute Gasteiger partial charge is 0.339 e. The van der Waals surface area contributed by atoms with Crippen molar-refractivity contribution < 1.29 is 27.1 Å². The molecule has 1 amide bonds. The number of amides is 1. The van der Waals surface area contributed by atoms with Gasteiger partial charge in [0.1, 0.15) is 4.90 Å². The lowest BCUT2D eigenvalue weighted by atomic mass is 10.2. The Morgan fingerprint density at radius 2 is 1.83 bits per heavy atom. The number of carbonyl (C=O) groups excluding carboxylic acids is 1. The minimum atomic E-state index is -4.38. The first kappa shape index (κ1) is 25.2. The van der Waals surface area contributed by atoms with E-state index in [-0.39, 0.29) is 28.0 Å². The Kier molecular flexibility index (Phi) is 7.29. The highest BCUT2D eigenvalue weighted by molar-refractivity contribution is 8.18. The highest BCUT2D eigenvalue weighted by Gasteiger charge is 2.25. The van der Waals surface area contributed by atoms with Crippen LogP contribution in [0.5, 0.6) is 11.5 Å². The molecule has 184 valence electrons. The van der Waals surface area contributed by atoms with Crippen LogP contribution in [0.15, 0.2) is 81.5 Å². The first-order valence-corrected chi connectivity index (χ1v) is 12.7. The maximum Gasteiger partial charge on any atom is 0.339 e. The van der Waals surface area contributed by atoms with Crippen LogP contribution in [0, 0.1) is 10.1 Å². The molecular formula is C23H16ClN3O7S2. The quantitative estimate of drug-likeness (QED) is 0.191. The Bertz CT molecular complexity index is 1520. The molecule has 13 heteroatoms. The summed E-state index contributed by atoms with van der Waals surface area (Å²) in [5.74, 6) is -0.392. The van der Waals surface area contributed by atoms with Crippen LogP contribution in [-0.2, 0) is 14.9 Å². The van der Waals surface area contributed by atoms with Crippen molar-refractivity contribution in [2.75, 3.05) is 7.11 Å². The molecule has 0 atom stereocenters. The van der Waals surface area contributed by atoms with E-state index in [0.29, 0.717) is 26.3 Å². The van der Waals surface area contributed by atoms with Crippen molar-refractivity contribution in [2.45, 2.75) is 4.90 Å². The van der Waals surface area contributed by atoms with Crippen molar-refractivity contribution >= 4 is 62.0 Å². The third-order valence-electron chi connectivity index (χ3n) is 4.71. The number of hydrogen-bond acceptors (Lipinski definition) is 9. The molecule has 0 aliphatic carbocycles. The van der Waals surface area contributed by atoms with Crippen LogP contribution >= 0.6 is 23.4 Å². The molecule has 1 heterocycles. The number of non-ortho nitro benzene ring substituents is 1. The Labute approximate surface area is 214 Å². The zero-order valence-electron chi connectivity index (χ0n) is 18.4. The fourth-order valence-electron chi connectivity index (χ4n) is 3.03. The summed E-state index contributed by atoms with van der Waals surface area (Å²) in [5, 5.41) is 14.6. The predicted octanol–water partition coefficient (Wildman–Crippen LogP) is 4.92. The number of thioether (sulfide) groups is 1. The summed E-state index contributed by atoms with van der Waals surface area (Å²) >= 11 is 7.01. The molecule has 36 heavy (non-hydrogen) atoms. The molecule has 1 saturated heterocycles. The zero-order chi connectivity index (χ0) is 25.9. The van der Waals surface area contributed by atoms with Gasteiger partial charge in [-0.25, -0.2) is 4.99 Å². The lowest BCUT2D eigenvalue weighted by Gasteiger charge is -2.11. The normalized spacial score (nSPS) is 15.7. The average molecular weight is 546 g/mol. The third-order valence-corrected chi connectivity index (χ3v) is 7.10. The van der Waals surface area contributed by atoms with Gasteiger partial charge in [0.25, 0.3) is 11.6 Å². The molecule has 0 bridgehead atoms. The predicted molar refractivity (Wildman–Crippen MR) is 136 cm³/mol. The van der Waals surface area contributed by atoms with Crippen molar-refractivity contribution in [1.82, 2.24) is 5.32 Å². The van der Waals surface area contributed by atoms with E-state index in [9.17, 15) is 23.3 Å². The number of nitro benzene ring substituents is 1. The minimum Gasteiger partial charge on any atom is -0.493 e. The van der Waals surface area contributed by atoms with E-state index in [1.165, 1.54) is 43.5 Å². The van der Waals surface area contributed by atoms with Gasteiger partial charge in [-0.3, -0.25) is 14.9 Å². The Hall–Kier alpha value is -3.87.